The van der Waals surface area contributed by atoms with Crippen LogP contribution in [0.15, 0.2) is 18.9 Å². The maximum atomic E-state index is 3.12. The number of hydrogen-bond acceptors (Lipinski definition) is 0. The molecule has 0 aromatic carbocycles. The van der Waals surface area contributed by atoms with Crippen LogP contribution >= 0.6 is 0 Å². The van der Waals surface area contributed by atoms with Gasteiger partial charge in [0.15, 0.2) is 0 Å². The molecule has 5 heavy (non-hydrogen) atoms. The summed E-state index contributed by atoms with van der Waals surface area (Å²) in [6.45, 7) is 6.25. The normalized spacial score (nSPS) is 1.60. The topological polar surface area (TPSA) is 0 Å². The predicted octanol–water partition coefficient (Wildman–Crippen LogP) is -0.607. The van der Waals surface area contributed by atoms with Gasteiger partial charge in [-0.1, -0.05) is 13.2 Å². The van der Waals surface area contributed by atoms with Crippen LogP contribution in [-0.2, 0) is 0 Å². The van der Waals surface area contributed by atoms with E-state index in [9.17, 15) is 0 Å². The first-order valence-corrected chi connectivity index (χ1v) is 0.707. The fourth-order valence-electron chi connectivity index (χ4n) is 0. The molecule has 0 heterocycles. The molecular formula is C3H7BBi. The van der Waals surface area contributed by atoms with Crippen LogP contribution in [0.4, 0.5) is 0 Å². The third kappa shape index (κ3) is 124. The van der Waals surface area contributed by atoms with Gasteiger partial charge in [-0.05, 0) is 0 Å². The molecule has 3 radical (unpaired) electrons. The summed E-state index contributed by atoms with van der Waals surface area (Å²) in [5.74, 6) is 0. The molecule has 2 heteroatoms. The van der Waals surface area contributed by atoms with Gasteiger partial charge in [-0.25, -0.2) is 0 Å². The zero-order valence-corrected chi connectivity index (χ0v) is 8.70. The van der Waals surface area contributed by atoms with Crippen LogP contribution in [0, 0.1) is 0 Å². The maximum absolute atomic E-state index is 3.12. The number of rotatable bonds is 0. The van der Waals surface area contributed by atoms with E-state index in [0.29, 0.717) is 0 Å². The first-order valence-electron chi connectivity index (χ1n) is 0.707. The summed E-state index contributed by atoms with van der Waals surface area (Å²) in [6.07, 6.45) is 0. The van der Waals surface area contributed by atoms with Crippen molar-refractivity contribution in [2.75, 3.05) is 0 Å². The Labute approximate surface area is 53.7 Å². The van der Waals surface area contributed by atoms with E-state index >= 15 is 0 Å². The molecule has 0 fully saturated rings. The van der Waals surface area contributed by atoms with Crippen molar-refractivity contribution in [2.24, 2.45) is 0 Å². The third-order valence-electron chi connectivity index (χ3n) is 0. The van der Waals surface area contributed by atoms with Gasteiger partial charge in [0.05, 0.1) is 0 Å². The van der Waals surface area contributed by atoms with Gasteiger partial charge in [0.2, 0.25) is 0 Å². The summed E-state index contributed by atoms with van der Waals surface area (Å²) in [7, 11) is 0. The molecule has 0 spiro atoms. The van der Waals surface area contributed by atoms with Gasteiger partial charge >= 0.3 is 26.2 Å². The molecule has 27 valence electrons. The summed E-state index contributed by atoms with van der Waals surface area (Å²) in [5, 5.41) is 0. The van der Waals surface area contributed by atoms with Crippen LogP contribution in [0.5, 0.6) is 0 Å². The van der Waals surface area contributed by atoms with Crippen molar-refractivity contribution in [3.05, 3.63) is 18.9 Å². The monoisotopic (exact) mass is 263 g/mol. The Morgan fingerprint density at radius 1 is 1.20 bits per heavy atom. The Kier molecular flexibility index (Phi) is 89.4. The molecule has 0 aromatic heterocycles. The second-order valence-electron chi connectivity index (χ2n) is 0.250. The Hall–Kier alpha value is 0.468. The van der Waals surface area contributed by atoms with Crippen molar-refractivity contribution in [1.29, 1.82) is 0 Å². The molecule has 0 saturated heterocycles. The zero-order valence-electron chi connectivity index (χ0n) is 3.20. The minimum atomic E-state index is 0. The van der Waals surface area contributed by atoms with Crippen molar-refractivity contribution < 1.29 is 0 Å². The Morgan fingerprint density at radius 2 is 1.20 bits per heavy atom. The molecule has 0 N–H and O–H groups in total. The zero-order chi connectivity index (χ0) is 2.71. The average Bonchev–Trinajstić information content (AvgIpc) is 0.918. The summed E-state index contributed by atoms with van der Waals surface area (Å²) in [6, 6.07) is 0. The molecular weight excluding hydrogens is 256 g/mol. The van der Waals surface area contributed by atoms with Crippen molar-refractivity contribution in [3.63, 3.8) is 0 Å². The van der Waals surface area contributed by atoms with Crippen molar-refractivity contribution in [2.45, 2.75) is 0 Å². The second kappa shape index (κ2) is 24.9. The Bertz CT molecular complexity index is 27.9. The Morgan fingerprint density at radius 3 is 1.20 bits per heavy atom. The predicted molar refractivity (Wildman–Crippen MR) is 30.5 cm³/mol. The average molecular weight is 263 g/mol. The summed E-state index contributed by atoms with van der Waals surface area (Å²) in [4.78, 5) is 0. The van der Waals surface area contributed by atoms with Crippen LogP contribution in [0.3, 0.4) is 0 Å². The quantitative estimate of drug-likeness (QED) is 0.404. The molecule has 0 aromatic rings. The Balaban J connectivity index is -0.0000000200. The van der Waals surface area contributed by atoms with Crippen LogP contribution in [0.25, 0.3) is 0 Å². The SMILES string of the molecule is C=C=C.[B].[BiH3]. The fourth-order valence-corrected chi connectivity index (χ4v) is 0. The van der Waals surface area contributed by atoms with E-state index in [1.165, 1.54) is 0 Å². The van der Waals surface area contributed by atoms with Crippen molar-refractivity contribution in [3.8, 4) is 0 Å². The van der Waals surface area contributed by atoms with Gasteiger partial charge in [0.1, 0.15) is 0 Å². The molecule has 0 saturated carbocycles. The van der Waals surface area contributed by atoms with E-state index in [-0.39, 0.29) is 34.6 Å². The van der Waals surface area contributed by atoms with Crippen LogP contribution in [0.2, 0.25) is 0 Å². The molecule has 0 nitrogen and oxygen atoms in total. The first kappa shape index (κ1) is 17.9. The third-order valence-corrected chi connectivity index (χ3v) is 0. The fraction of sp³-hybridized carbons (Fsp3) is 0. The van der Waals surface area contributed by atoms with Gasteiger partial charge in [-0.3, -0.25) is 0 Å². The molecule has 0 rings (SSSR count). The van der Waals surface area contributed by atoms with E-state index in [0.717, 1.165) is 0 Å². The van der Waals surface area contributed by atoms with Gasteiger partial charge in [0.25, 0.3) is 0 Å². The molecule has 0 amide bonds. The summed E-state index contributed by atoms with van der Waals surface area (Å²) < 4.78 is 0. The van der Waals surface area contributed by atoms with Gasteiger partial charge in [0, 0.05) is 8.41 Å². The van der Waals surface area contributed by atoms with Crippen LogP contribution < -0.4 is 0 Å². The molecule has 0 bridgehead atoms. The van der Waals surface area contributed by atoms with Crippen molar-refractivity contribution >= 4 is 34.6 Å². The summed E-state index contributed by atoms with van der Waals surface area (Å²) in [5.41, 5.74) is 2.25. The van der Waals surface area contributed by atoms with E-state index in [2.05, 4.69) is 18.9 Å². The van der Waals surface area contributed by atoms with Gasteiger partial charge in [-0.2, -0.15) is 0 Å². The number of hydrogen-bond donors (Lipinski definition) is 0. The molecule has 0 aliphatic rings. The van der Waals surface area contributed by atoms with Gasteiger partial charge in [-0.15, -0.1) is 5.73 Å². The second-order valence-corrected chi connectivity index (χ2v) is 0.250. The van der Waals surface area contributed by atoms with Gasteiger partial charge < -0.3 is 0 Å². The van der Waals surface area contributed by atoms with E-state index in [1.807, 2.05) is 0 Å². The van der Waals surface area contributed by atoms with E-state index in [1.54, 1.807) is 0 Å². The summed E-state index contributed by atoms with van der Waals surface area (Å²) >= 11 is 0. The van der Waals surface area contributed by atoms with E-state index < -0.39 is 0 Å². The molecule has 0 aliphatic heterocycles. The molecule has 0 unspecified atom stereocenters. The van der Waals surface area contributed by atoms with Crippen LogP contribution in [0.1, 0.15) is 0 Å². The van der Waals surface area contributed by atoms with Crippen molar-refractivity contribution in [1.82, 2.24) is 0 Å². The first-order chi connectivity index (χ1) is 1.41. The van der Waals surface area contributed by atoms with E-state index in [4.69, 9.17) is 0 Å². The standard InChI is InChI=1S/C3H4.B.Bi.3H/c1-3-2;;;;;/h1-2H2;;;;;. The molecule has 0 aliphatic carbocycles. The minimum absolute atomic E-state index is 0. The molecule has 0 atom stereocenters. The van der Waals surface area contributed by atoms with Crippen LogP contribution in [-0.4, -0.2) is 34.6 Å².